The second-order valence-electron chi connectivity index (χ2n) is 9.89. The SMILES string of the molecule is CCOc1cc(N2CCOCC2)c(OCC)cc1NC(=O)CSc1nnc(-c2ccccc2)n1-c1ccc(C)c(C)c1. The third-order valence-corrected chi connectivity index (χ3v) is 7.96. The summed E-state index contributed by atoms with van der Waals surface area (Å²) in [7, 11) is 0. The van der Waals surface area contributed by atoms with Crippen LogP contribution in [-0.4, -0.2) is 65.9 Å². The average molecular weight is 588 g/mol. The van der Waals surface area contributed by atoms with Gasteiger partial charge in [0, 0.05) is 30.8 Å². The number of nitrogens with zero attached hydrogens (tertiary/aromatic N) is 4. The number of carbonyl (C=O) groups excluding carboxylic acids is 1. The molecular weight excluding hydrogens is 550 g/mol. The monoisotopic (exact) mass is 587 g/mol. The molecule has 4 aromatic rings. The molecule has 1 fully saturated rings. The fourth-order valence-electron chi connectivity index (χ4n) is 4.80. The van der Waals surface area contributed by atoms with Crippen molar-refractivity contribution in [3.05, 3.63) is 71.8 Å². The number of nitrogens with one attached hydrogen (secondary N) is 1. The molecule has 3 aromatic carbocycles. The maximum Gasteiger partial charge on any atom is 0.234 e. The standard InChI is InChI=1S/C32H37N5O4S/c1-5-40-28-20-27(36-14-16-39-17-15-36)29(41-6-2)19-26(28)33-30(38)21-42-32-35-34-31(24-10-8-7-9-11-24)37(32)25-13-12-22(3)23(4)18-25/h7-13,18-20H,5-6,14-17,21H2,1-4H3,(H,33,38). The molecule has 1 aliphatic heterocycles. The number of morpholine rings is 1. The summed E-state index contributed by atoms with van der Waals surface area (Å²) in [5, 5.41) is 12.7. The molecule has 0 unspecified atom stereocenters. The minimum absolute atomic E-state index is 0.137. The molecule has 10 heteroatoms. The minimum Gasteiger partial charge on any atom is -0.492 e. The van der Waals surface area contributed by atoms with Gasteiger partial charge in [0.1, 0.15) is 11.5 Å². The molecule has 1 aliphatic rings. The number of rotatable bonds is 11. The van der Waals surface area contributed by atoms with E-state index in [9.17, 15) is 4.79 Å². The van der Waals surface area contributed by atoms with E-state index in [2.05, 4.69) is 52.5 Å². The van der Waals surface area contributed by atoms with Gasteiger partial charge in [-0.25, -0.2) is 0 Å². The molecular formula is C32H37N5O4S. The Labute approximate surface area is 251 Å². The zero-order chi connectivity index (χ0) is 29.5. The smallest absolute Gasteiger partial charge is 0.234 e. The number of aromatic nitrogens is 3. The van der Waals surface area contributed by atoms with Crippen molar-refractivity contribution in [3.63, 3.8) is 0 Å². The number of hydrogen-bond donors (Lipinski definition) is 1. The van der Waals surface area contributed by atoms with Crippen molar-refractivity contribution in [1.29, 1.82) is 0 Å². The van der Waals surface area contributed by atoms with Crippen LogP contribution in [0.1, 0.15) is 25.0 Å². The van der Waals surface area contributed by atoms with Gasteiger partial charge in [-0.1, -0.05) is 48.2 Å². The van der Waals surface area contributed by atoms with Gasteiger partial charge >= 0.3 is 0 Å². The third-order valence-electron chi connectivity index (χ3n) is 7.03. The predicted molar refractivity (Wildman–Crippen MR) is 167 cm³/mol. The summed E-state index contributed by atoms with van der Waals surface area (Å²) in [5.74, 6) is 1.98. The van der Waals surface area contributed by atoms with Crippen LogP contribution in [0.3, 0.4) is 0 Å². The molecule has 0 bridgehead atoms. The second kappa shape index (κ2) is 13.8. The van der Waals surface area contributed by atoms with Crippen molar-refractivity contribution in [2.45, 2.75) is 32.9 Å². The number of benzene rings is 3. The lowest BCUT2D eigenvalue weighted by atomic mass is 10.1. The summed E-state index contributed by atoms with van der Waals surface area (Å²) in [6.07, 6.45) is 0. The number of anilines is 2. The highest BCUT2D eigenvalue weighted by atomic mass is 32.2. The molecule has 0 spiro atoms. The molecule has 0 atom stereocenters. The third kappa shape index (κ3) is 6.71. The van der Waals surface area contributed by atoms with Crippen LogP contribution in [0.25, 0.3) is 17.1 Å². The van der Waals surface area contributed by atoms with Crippen molar-refractivity contribution >= 4 is 29.0 Å². The van der Waals surface area contributed by atoms with Gasteiger partial charge < -0.3 is 24.4 Å². The van der Waals surface area contributed by atoms with E-state index < -0.39 is 0 Å². The first kappa shape index (κ1) is 29.5. The Morgan fingerprint density at radius 1 is 0.929 bits per heavy atom. The Bertz CT molecular complexity index is 1520. The maximum absolute atomic E-state index is 13.3. The first-order chi connectivity index (χ1) is 20.5. The Balaban J connectivity index is 1.39. The van der Waals surface area contributed by atoms with E-state index in [1.807, 2.05) is 60.9 Å². The number of ether oxygens (including phenoxy) is 3. The van der Waals surface area contributed by atoms with Crippen molar-refractivity contribution in [2.75, 3.05) is 55.5 Å². The molecule has 1 amide bonds. The normalized spacial score (nSPS) is 13.2. The molecule has 0 radical (unpaired) electrons. The highest BCUT2D eigenvalue weighted by molar-refractivity contribution is 7.99. The molecule has 1 aromatic heterocycles. The van der Waals surface area contributed by atoms with E-state index in [-0.39, 0.29) is 11.7 Å². The lowest BCUT2D eigenvalue weighted by Gasteiger charge is -2.31. The maximum atomic E-state index is 13.3. The van der Waals surface area contributed by atoms with E-state index in [4.69, 9.17) is 14.2 Å². The zero-order valence-electron chi connectivity index (χ0n) is 24.6. The first-order valence-electron chi connectivity index (χ1n) is 14.3. The van der Waals surface area contributed by atoms with Gasteiger partial charge in [-0.05, 0) is 51.0 Å². The van der Waals surface area contributed by atoms with Crippen LogP contribution >= 0.6 is 11.8 Å². The molecule has 1 saturated heterocycles. The van der Waals surface area contributed by atoms with Gasteiger partial charge in [0.05, 0.1) is 49.2 Å². The minimum atomic E-state index is -0.182. The highest BCUT2D eigenvalue weighted by Gasteiger charge is 2.22. The summed E-state index contributed by atoms with van der Waals surface area (Å²) >= 11 is 1.34. The Kier molecular flexibility index (Phi) is 9.66. The summed E-state index contributed by atoms with van der Waals surface area (Å²) in [6, 6.07) is 20.0. The van der Waals surface area contributed by atoms with E-state index in [1.165, 1.54) is 22.9 Å². The van der Waals surface area contributed by atoms with E-state index in [0.717, 1.165) is 35.9 Å². The molecule has 5 rings (SSSR count). The van der Waals surface area contributed by atoms with Gasteiger partial charge in [-0.15, -0.1) is 10.2 Å². The van der Waals surface area contributed by atoms with Crippen LogP contribution in [0.4, 0.5) is 11.4 Å². The predicted octanol–water partition coefficient (Wildman–Crippen LogP) is 5.92. The van der Waals surface area contributed by atoms with Gasteiger partial charge in [0.15, 0.2) is 11.0 Å². The zero-order valence-corrected chi connectivity index (χ0v) is 25.4. The van der Waals surface area contributed by atoms with Gasteiger partial charge in [0.25, 0.3) is 0 Å². The fraction of sp³-hybridized carbons (Fsp3) is 0.344. The lowest BCUT2D eigenvalue weighted by molar-refractivity contribution is -0.113. The summed E-state index contributed by atoms with van der Waals surface area (Å²) < 4.78 is 19.5. The topological polar surface area (TPSA) is 90.7 Å². The van der Waals surface area contributed by atoms with Gasteiger partial charge in [-0.2, -0.15) is 0 Å². The van der Waals surface area contributed by atoms with Crippen LogP contribution in [0.2, 0.25) is 0 Å². The van der Waals surface area contributed by atoms with Crippen molar-refractivity contribution in [2.24, 2.45) is 0 Å². The molecule has 0 saturated carbocycles. The molecule has 2 heterocycles. The van der Waals surface area contributed by atoms with E-state index >= 15 is 0 Å². The van der Waals surface area contributed by atoms with Crippen molar-refractivity contribution in [1.82, 2.24) is 14.8 Å². The Morgan fingerprint density at radius 3 is 2.38 bits per heavy atom. The molecule has 9 nitrogen and oxygen atoms in total. The first-order valence-corrected chi connectivity index (χ1v) is 15.2. The summed E-state index contributed by atoms with van der Waals surface area (Å²) in [4.78, 5) is 15.5. The Morgan fingerprint density at radius 2 is 1.67 bits per heavy atom. The largest absolute Gasteiger partial charge is 0.492 e. The average Bonchev–Trinajstić information content (AvgIpc) is 3.44. The van der Waals surface area contributed by atoms with Gasteiger partial charge in [-0.3, -0.25) is 9.36 Å². The quantitative estimate of drug-likeness (QED) is 0.217. The number of amides is 1. The summed E-state index contributed by atoms with van der Waals surface area (Å²) in [5.41, 5.74) is 5.78. The molecule has 1 N–H and O–H groups in total. The number of hydrogen-bond acceptors (Lipinski definition) is 8. The Hall–Kier alpha value is -4.02. The number of carbonyl (C=O) groups is 1. The van der Waals surface area contributed by atoms with Crippen LogP contribution in [0.5, 0.6) is 11.5 Å². The van der Waals surface area contributed by atoms with E-state index in [1.54, 1.807) is 0 Å². The van der Waals surface area contributed by atoms with Crippen molar-refractivity contribution in [3.8, 4) is 28.6 Å². The van der Waals surface area contributed by atoms with Crippen LogP contribution < -0.4 is 19.7 Å². The highest BCUT2D eigenvalue weighted by Crippen LogP contribution is 2.39. The molecule has 0 aliphatic carbocycles. The molecule has 42 heavy (non-hydrogen) atoms. The van der Waals surface area contributed by atoms with E-state index in [0.29, 0.717) is 48.8 Å². The molecule has 220 valence electrons. The van der Waals surface area contributed by atoms with Crippen LogP contribution in [0.15, 0.2) is 65.8 Å². The lowest BCUT2D eigenvalue weighted by Crippen LogP contribution is -2.36. The van der Waals surface area contributed by atoms with Crippen molar-refractivity contribution < 1.29 is 19.0 Å². The summed E-state index contributed by atoms with van der Waals surface area (Å²) in [6.45, 7) is 11.9. The van der Waals surface area contributed by atoms with Crippen LogP contribution in [-0.2, 0) is 9.53 Å². The second-order valence-corrected chi connectivity index (χ2v) is 10.8. The van der Waals surface area contributed by atoms with Crippen LogP contribution in [0, 0.1) is 13.8 Å². The number of thioether (sulfide) groups is 1. The fourth-order valence-corrected chi connectivity index (χ4v) is 5.55. The van der Waals surface area contributed by atoms with Gasteiger partial charge in [0.2, 0.25) is 5.91 Å². The number of aryl methyl sites for hydroxylation is 2.